The minimum absolute atomic E-state index is 0.121. The molecule has 23 heavy (non-hydrogen) atoms. The SMILES string of the molecule is CCOc1cc(O)c(CC)cc1/C=C/C(=O)c1ccc(O)cc1. The van der Waals surface area contributed by atoms with Crippen molar-refractivity contribution in [1.82, 2.24) is 0 Å². The predicted octanol–water partition coefficient (Wildman–Crippen LogP) is 3.96. The van der Waals surface area contributed by atoms with Crippen LogP contribution in [0.25, 0.3) is 6.08 Å². The van der Waals surface area contributed by atoms with E-state index >= 15 is 0 Å². The predicted molar refractivity (Wildman–Crippen MR) is 90.1 cm³/mol. The van der Waals surface area contributed by atoms with Gasteiger partial charge in [-0.1, -0.05) is 6.92 Å². The van der Waals surface area contributed by atoms with Crippen LogP contribution in [0.3, 0.4) is 0 Å². The van der Waals surface area contributed by atoms with Gasteiger partial charge in [-0.3, -0.25) is 4.79 Å². The molecule has 0 aliphatic rings. The van der Waals surface area contributed by atoms with Crippen molar-refractivity contribution in [3.05, 3.63) is 59.2 Å². The molecule has 0 aliphatic carbocycles. The Hall–Kier alpha value is -2.75. The van der Waals surface area contributed by atoms with Crippen molar-refractivity contribution in [3.63, 3.8) is 0 Å². The molecule has 120 valence electrons. The normalized spacial score (nSPS) is 10.9. The van der Waals surface area contributed by atoms with Crippen molar-refractivity contribution in [3.8, 4) is 17.2 Å². The molecule has 4 heteroatoms. The summed E-state index contributed by atoms with van der Waals surface area (Å²) in [6, 6.07) is 9.48. The largest absolute Gasteiger partial charge is 0.508 e. The fourth-order valence-electron chi connectivity index (χ4n) is 2.21. The van der Waals surface area contributed by atoms with Gasteiger partial charge in [-0.15, -0.1) is 0 Å². The van der Waals surface area contributed by atoms with Gasteiger partial charge in [0.05, 0.1) is 6.61 Å². The zero-order valence-corrected chi connectivity index (χ0v) is 13.2. The van der Waals surface area contributed by atoms with Gasteiger partial charge in [0.2, 0.25) is 0 Å². The molecule has 0 heterocycles. The molecule has 0 radical (unpaired) electrons. The van der Waals surface area contributed by atoms with E-state index in [1.54, 1.807) is 24.3 Å². The first-order chi connectivity index (χ1) is 11.0. The highest BCUT2D eigenvalue weighted by Gasteiger charge is 2.08. The van der Waals surface area contributed by atoms with Crippen LogP contribution in [-0.4, -0.2) is 22.6 Å². The Morgan fingerprint density at radius 1 is 1.13 bits per heavy atom. The molecule has 0 saturated heterocycles. The Balaban J connectivity index is 2.30. The third-order valence-electron chi connectivity index (χ3n) is 3.46. The van der Waals surface area contributed by atoms with Gasteiger partial charge >= 0.3 is 0 Å². The average molecular weight is 312 g/mol. The molecule has 0 atom stereocenters. The number of phenolic OH excluding ortho intramolecular Hbond substituents is 2. The fourth-order valence-corrected chi connectivity index (χ4v) is 2.21. The highest BCUT2D eigenvalue weighted by Crippen LogP contribution is 2.30. The van der Waals surface area contributed by atoms with Gasteiger partial charge < -0.3 is 14.9 Å². The summed E-state index contributed by atoms with van der Waals surface area (Å²) in [4.78, 5) is 12.2. The van der Waals surface area contributed by atoms with Crippen molar-refractivity contribution >= 4 is 11.9 Å². The van der Waals surface area contributed by atoms with Crippen LogP contribution in [0.1, 0.15) is 35.3 Å². The fraction of sp³-hybridized carbons (Fsp3) is 0.211. The van der Waals surface area contributed by atoms with E-state index in [2.05, 4.69) is 0 Å². The number of carbonyl (C=O) groups is 1. The van der Waals surface area contributed by atoms with Crippen molar-refractivity contribution in [1.29, 1.82) is 0 Å². The quantitative estimate of drug-likeness (QED) is 0.626. The Morgan fingerprint density at radius 2 is 1.83 bits per heavy atom. The summed E-state index contributed by atoms with van der Waals surface area (Å²) >= 11 is 0. The van der Waals surface area contributed by atoms with E-state index in [4.69, 9.17) is 4.74 Å². The summed E-state index contributed by atoms with van der Waals surface area (Å²) in [5.74, 6) is 0.684. The zero-order valence-electron chi connectivity index (χ0n) is 13.2. The molecule has 0 aliphatic heterocycles. The Labute approximate surface area is 135 Å². The topological polar surface area (TPSA) is 66.8 Å². The van der Waals surface area contributed by atoms with Gasteiger partial charge in [0.25, 0.3) is 0 Å². The summed E-state index contributed by atoms with van der Waals surface area (Å²) in [6.07, 6.45) is 3.82. The summed E-state index contributed by atoms with van der Waals surface area (Å²) in [7, 11) is 0. The van der Waals surface area contributed by atoms with E-state index in [9.17, 15) is 15.0 Å². The molecule has 2 N–H and O–H groups in total. The maximum atomic E-state index is 12.2. The number of aromatic hydroxyl groups is 2. The minimum atomic E-state index is -0.168. The summed E-state index contributed by atoms with van der Waals surface area (Å²) in [6.45, 7) is 4.28. The molecule has 2 rings (SSSR count). The van der Waals surface area contributed by atoms with Crippen LogP contribution in [0, 0.1) is 0 Å². The van der Waals surface area contributed by atoms with Crippen LogP contribution >= 0.6 is 0 Å². The number of carbonyl (C=O) groups excluding carboxylic acids is 1. The van der Waals surface area contributed by atoms with Crippen molar-refractivity contribution in [2.45, 2.75) is 20.3 Å². The van der Waals surface area contributed by atoms with E-state index < -0.39 is 0 Å². The zero-order chi connectivity index (χ0) is 16.8. The highest BCUT2D eigenvalue weighted by atomic mass is 16.5. The third-order valence-corrected chi connectivity index (χ3v) is 3.46. The molecule has 0 amide bonds. The van der Waals surface area contributed by atoms with E-state index in [0.29, 0.717) is 24.3 Å². The van der Waals surface area contributed by atoms with Crippen molar-refractivity contribution in [2.24, 2.45) is 0 Å². The average Bonchev–Trinajstić information content (AvgIpc) is 2.54. The molecule has 0 spiro atoms. The van der Waals surface area contributed by atoms with Gasteiger partial charge in [0, 0.05) is 17.2 Å². The number of benzene rings is 2. The van der Waals surface area contributed by atoms with E-state index in [1.165, 1.54) is 18.2 Å². The van der Waals surface area contributed by atoms with E-state index in [0.717, 1.165) is 11.1 Å². The molecule has 0 fully saturated rings. The second kappa shape index (κ2) is 7.49. The number of ether oxygens (including phenoxy) is 1. The van der Waals surface area contributed by atoms with Crippen molar-refractivity contribution < 1.29 is 19.7 Å². The second-order valence-corrected chi connectivity index (χ2v) is 5.05. The smallest absolute Gasteiger partial charge is 0.185 e. The number of allylic oxidation sites excluding steroid dienone is 1. The number of rotatable bonds is 6. The van der Waals surface area contributed by atoms with Crippen LogP contribution < -0.4 is 4.74 Å². The van der Waals surface area contributed by atoms with Crippen LogP contribution in [0.15, 0.2) is 42.5 Å². The summed E-state index contributed by atoms with van der Waals surface area (Å²) in [5.41, 5.74) is 2.03. The maximum absolute atomic E-state index is 12.2. The molecular formula is C19H20O4. The Morgan fingerprint density at radius 3 is 2.43 bits per heavy atom. The first-order valence-electron chi connectivity index (χ1n) is 7.55. The highest BCUT2D eigenvalue weighted by molar-refractivity contribution is 6.07. The minimum Gasteiger partial charge on any atom is -0.508 e. The molecule has 2 aromatic rings. The third kappa shape index (κ3) is 4.13. The van der Waals surface area contributed by atoms with Crippen LogP contribution in [-0.2, 0) is 6.42 Å². The second-order valence-electron chi connectivity index (χ2n) is 5.05. The summed E-state index contributed by atoms with van der Waals surface area (Å²) in [5, 5.41) is 19.2. The van der Waals surface area contributed by atoms with Crippen LogP contribution in [0.2, 0.25) is 0 Å². The lowest BCUT2D eigenvalue weighted by molar-refractivity contribution is 0.104. The first-order valence-corrected chi connectivity index (χ1v) is 7.55. The monoisotopic (exact) mass is 312 g/mol. The lowest BCUT2D eigenvalue weighted by Crippen LogP contribution is -1.97. The molecular weight excluding hydrogens is 292 g/mol. The number of phenols is 2. The van der Waals surface area contributed by atoms with Crippen molar-refractivity contribution in [2.75, 3.05) is 6.61 Å². The van der Waals surface area contributed by atoms with Gasteiger partial charge in [-0.05, 0) is 61.4 Å². The molecule has 4 nitrogen and oxygen atoms in total. The number of hydrogen-bond donors (Lipinski definition) is 2. The Kier molecular flexibility index (Phi) is 5.41. The standard InChI is InChI=1S/C19H20O4/c1-3-13-11-15(19(23-4-2)12-18(13)22)7-10-17(21)14-5-8-16(20)9-6-14/h5-12,20,22H,3-4H2,1-2H3/b10-7+. The van der Waals surface area contributed by atoms with E-state index in [-0.39, 0.29) is 17.3 Å². The molecule has 0 unspecified atom stereocenters. The van der Waals surface area contributed by atoms with Gasteiger partial charge in [0.1, 0.15) is 17.2 Å². The molecule has 0 aromatic heterocycles. The van der Waals surface area contributed by atoms with Crippen LogP contribution in [0.4, 0.5) is 0 Å². The lowest BCUT2D eigenvalue weighted by Gasteiger charge is -2.11. The number of ketones is 1. The van der Waals surface area contributed by atoms with Gasteiger partial charge in [-0.25, -0.2) is 0 Å². The maximum Gasteiger partial charge on any atom is 0.185 e. The van der Waals surface area contributed by atoms with Crippen LogP contribution in [0.5, 0.6) is 17.2 Å². The van der Waals surface area contributed by atoms with Gasteiger partial charge in [0.15, 0.2) is 5.78 Å². The lowest BCUT2D eigenvalue weighted by atomic mass is 10.0. The molecule has 2 aromatic carbocycles. The molecule has 0 bridgehead atoms. The number of hydrogen-bond acceptors (Lipinski definition) is 4. The van der Waals surface area contributed by atoms with Gasteiger partial charge in [-0.2, -0.15) is 0 Å². The van der Waals surface area contributed by atoms with E-state index in [1.807, 2.05) is 19.9 Å². The first kappa shape index (κ1) is 16.6. The number of aryl methyl sites for hydroxylation is 1. The molecule has 0 saturated carbocycles. The summed E-state index contributed by atoms with van der Waals surface area (Å²) < 4.78 is 5.52. The Bertz CT molecular complexity index is 715.